The van der Waals surface area contributed by atoms with Crippen molar-refractivity contribution in [2.45, 2.75) is 45.1 Å². The molecule has 2 aliphatic rings. The Balaban J connectivity index is 1.48. The molecule has 4 unspecified atom stereocenters. The molecule has 0 heterocycles. The Bertz CT molecular complexity index is 598. The minimum Gasteiger partial charge on any atom is -0.482 e. The molecule has 2 N–H and O–H groups in total. The molecule has 5 heteroatoms. The van der Waals surface area contributed by atoms with Gasteiger partial charge in [-0.15, -0.1) is 0 Å². The maximum Gasteiger partial charge on any atom is 0.341 e. The van der Waals surface area contributed by atoms with Crippen molar-refractivity contribution in [2.24, 2.45) is 17.8 Å². The topological polar surface area (TPSA) is 75.6 Å². The highest BCUT2D eigenvalue weighted by Crippen LogP contribution is 2.49. The van der Waals surface area contributed by atoms with Gasteiger partial charge < -0.3 is 15.2 Å². The monoisotopic (exact) mass is 331 g/mol. The molecule has 130 valence electrons. The molecular weight excluding hydrogens is 306 g/mol. The van der Waals surface area contributed by atoms with Crippen molar-refractivity contribution < 1.29 is 19.4 Å². The van der Waals surface area contributed by atoms with Crippen LogP contribution in [-0.4, -0.2) is 23.6 Å². The summed E-state index contributed by atoms with van der Waals surface area (Å²) in [4.78, 5) is 22.8. The number of carboxylic acids is 1. The maximum atomic E-state index is 12.3. The molecule has 0 saturated heterocycles. The van der Waals surface area contributed by atoms with Gasteiger partial charge in [0.2, 0.25) is 5.91 Å². The van der Waals surface area contributed by atoms with Gasteiger partial charge in [0, 0.05) is 6.42 Å². The molecule has 1 aromatic rings. The van der Waals surface area contributed by atoms with E-state index in [2.05, 4.69) is 5.32 Å². The third-order valence-corrected chi connectivity index (χ3v) is 5.45. The fraction of sp³-hybridized carbons (Fsp3) is 0.579. The standard InChI is InChI=1S/C19H25NO4/c1-12(14-4-6-17(7-5-14)24-11-19(22)23)20-18(21)10-16-9-13-2-3-15(16)8-13/h4-7,12-13,15-16H,2-3,8-11H2,1H3,(H,20,21)(H,22,23). The van der Waals surface area contributed by atoms with Crippen LogP contribution in [-0.2, 0) is 9.59 Å². The van der Waals surface area contributed by atoms with Gasteiger partial charge in [-0.2, -0.15) is 0 Å². The first-order chi connectivity index (χ1) is 11.5. The summed E-state index contributed by atoms with van der Waals surface area (Å²) < 4.78 is 5.11. The molecule has 1 aromatic carbocycles. The minimum absolute atomic E-state index is 0.0652. The molecule has 5 nitrogen and oxygen atoms in total. The summed E-state index contributed by atoms with van der Waals surface area (Å²) in [6.45, 7) is 1.61. The first-order valence-electron chi connectivity index (χ1n) is 8.75. The molecule has 3 rings (SSSR count). The number of aliphatic carboxylic acids is 1. The number of rotatable bonds is 7. The second-order valence-corrected chi connectivity index (χ2v) is 7.18. The third kappa shape index (κ3) is 4.08. The second-order valence-electron chi connectivity index (χ2n) is 7.18. The molecule has 0 spiro atoms. The van der Waals surface area contributed by atoms with Gasteiger partial charge in [0.1, 0.15) is 5.75 Å². The molecule has 0 radical (unpaired) electrons. The average Bonchev–Trinajstić information content (AvgIpc) is 3.16. The Hall–Kier alpha value is -2.04. The molecule has 2 aliphatic carbocycles. The van der Waals surface area contributed by atoms with Gasteiger partial charge in [-0.05, 0) is 61.6 Å². The van der Waals surface area contributed by atoms with Crippen molar-refractivity contribution in [1.29, 1.82) is 0 Å². The quantitative estimate of drug-likeness (QED) is 0.805. The van der Waals surface area contributed by atoms with Crippen LogP contribution < -0.4 is 10.1 Å². The lowest BCUT2D eigenvalue weighted by Gasteiger charge is -2.22. The van der Waals surface area contributed by atoms with Crippen LogP contribution >= 0.6 is 0 Å². The van der Waals surface area contributed by atoms with E-state index in [4.69, 9.17) is 9.84 Å². The minimum atomic E-state index is -1.000. The van der Waals surface area contributed by atoms with Crippen molar-refractivity contribution in [3.05, 3.63) is 29.8 Å². The van der Waals surface area contributed by atoms with Crippen molar-refractivity contribution >= 4 is 11.9 Å². The zero-order chi connectivity index (χ0) is 17.1. The van der Waals surface area contributed by atoms with E-state index in [1.165, 1.54) is 25.7 Å². The van der Waals surface area contributed by atoms with Gasteiger partial charge in [0.25, 0.3) is 0 Å². The van der Waals surface area contributed by atoms with Gasteiger partial charge >= 0.3 is 5.97 Å². The van der Waals surface area contributed by atoms with Gasteiger partial charge in [-0.1, -0.05) is 18.6 Å². The van der Waals surface area contributed by atoms with Crippen LogP contribution in [0, 0.1) is 17.8 Å². The van der Waals surface area contributed by atoms with Gasteiger partial charge in [0.15, 0.2) is 6.61 Å². The highest BCUT2D eigenvalue weighted by Gasteiger charge is 2.40. The van der Waals surface area contributed by atoms with Crippen LogP contribution in [0.3, 0.4) is 0 Å². The smallest absolute Gasteiger partial charge is 0.341 e. The van der Waals surface area contributed by atoms with Gasteiger partial charge in [-0.25, -0.2) is 4.79 Å². The molecule has 0 aliphatic heterocycles. The number of hydrogen-bond donors (Lipinski definition) is 2. The Morgan fingerprint density at radius 1 is 1.25 bits per heavy atom. The van der Waals surface area contributed by atoms with E-state index in [-0.39, 0.29) is 18.6 Å². The van der Waals surface area contributed by atoms with Gasteiger partial charge in [-0.3, -0.25) is 4.79 Å². The van der Waals surface area contributed by atoms with Crippen LogP contribution in [0.25, 0.3) is 0 Å². The molecular formula is C19H25NO4. The largest absolute Gasteiger partial charge is 0.482 e. The fourth-order valence-corrected chi connectivity index (χ4v) is 4.25. The SMILES string of the molecule is CC(NC(=O)CC1CC2CCC1C2)c1ccc(OCC(=O)O)cc1. The Morgan fingerprint density at radius 2 is 2.00 bits per heavy atom. The summed E-state index contributed by atoms with van der Waals surface area (Å²) in [5, 5.41) is 11.7. The summed E-state index contributed by atoms with van der Waals surface area (Å²) in [6.07, 6.45) is 5.85. The number of nitrogens with one attached hydrogen (secondary N) is 1. The number of hydrogen-bond acceptors (Lipinski definition) is 3. The van der Waals surface area contributed by atoms with E-state index >= 15 is 0 Å². The molecule has 2 bridgehead atoms. The van der Waals surface area contributed by atoms with E-state index in [0.717, 1.165) is 17.4 Å². The van der Waals surface area contributed by atoms with Crippen LogP contribution in [0.5, 0.6) is 5.75 Å². The Kier molecular flexibility index (Phi) is 5.07. The molecule has 24 heavy (non-hydrogen) atoms. The van der Waals surface area contributed by atoms with Crippen molar-refractivity contribution in [3.8, 4) is 5.75 Å². The molecule has 4 atom stereocenters. The molecule has 0 aromatic heterocycles. The number of amides is 1. The Morgan fingerprint density at radius 3 is 2.58 bits per heavy atom. The number of carbonyl (C=O) groups is 2. The van der Waals surface area contributed by atoms with Crippen molar-refractivity contribution in [1.82, 2.24) is 5.32 Å². The number of ether oxygens (including phenoxy) is 1. The summed E-state index contributed by atoms with van der Waals surface area (Å²) in [5.74, 6) is 1.85. The van der Waals surface area contributed by atoms with Crippen LogP contribution in [0.4, 0.5) is 0 Å². The summed E-state index contributed by atoms with van der Waals surface area (Å²) >= 11 is 0. The van der Waals surface area contributed by atoms with Crippen molar-refractivity contribution in [3.63, 3.8) is 0 Å². The highest BCUT2D eigenvalue weighted by molar-refractivity contribution is 5.76. The zero-order valence-corrected chi connectivity index (χ0v) is 14.0. The maximum absolute atomic E-state index is 12.3. The highest BCUT2D eigenvalue weighted by atomic mass is 16.5. The average molecular weight is 331 g/mol. The molecule has 1 amide bonds. The number of carbonyl (C=O) groups excluding carboxylic acids is 1. The third-order valence-electron chi connectivity index (χ3n) is 5.45. The summed E-state index contributed by atoms with van der Waals surface area (Å²) in [6, 6.07) is 7.12. The normalized spacial score (nSPS) is 26.1. The lowest BCUT2D eigenvalue weighted by molar-refractivity contribution is -0.139. The fourth-order valence-electron chi connectivity index (χ4n) is 4.25. The predicted molar refractivity (Wildman–Crippen MR) is 89.7 cm³/mol. The van der Waals surface area contributed by atoms with Crippen molar-refractivity contribution in [2.75, 3.05) is 6.61 Å². The first-order valence-corrected chi connectivity index (χ1v) is 8.75. The lowest BCUT2D eigenvalue weighted by atomic mass is 9.86. The van der Waals surface area contributed by atoms with Crippen LogP contribution in [0.1, 0.15) is 50.6 Å². The molecule has 2 saturated carbocycles. The summed E-state index contributed by atoms with van der Waals surface area (Å²) in [5.41, 5.74) is 0.985. The van der Waals surface area contributed by atoms with Crippen LogP contribution in [0.15, 0.2) is 24.3 Å². The van der Waals surface area contributed by atoms with Gasteiger partial charge in [0.05, 0.1) is 6.04 Å². The first kappa shape index (κ1) is 16.8. The van der Waals surface area contributed by atoms with E-state index in [1.807, 2.05) is 19.1 Å². The number of benzene rings is 1. The lowest BCUT2D eigenvalue weighted by Crippen LogP contribution is -2.29. The van der Waals surface area contributed by atoms with E-state index in [1.54, 1.807) is 12.1 Å². The van der Waals surface area contributed by atoms with E-state index in [9.17, 15) is 9.59 Å². The Labute approximate surface area is 142 Å². The molecule has 2 fully saturated rings. The second kappa shape index (κ2) is 7.24. The zero-order valence-electron chi connectivity index (χ0n) is 14.0. The van der Waals surface area contributed by atoms with E-state index < -0.39 is 5.97 Å². The number of fused-ring (bicyclic) bond motifs is 2. The number of carboxylic acid groups (broad SMARTS) is 1. The summed E-state index contributed by atoms with van der Waals surface area (Å²) in [7, 11) is 0. The van der Waals surface area contributed by atoms with Crippen LogP contribution in [0.2, 0.25) is 0 Å². The van der Waals surface area contributed by atoms with E-state index in [0.29, 0.717) is 18.1 Å². The predicted octanol–water partition coefficient (Wildman–Crippen LogP) is 3.15.